The van der Waals surface area contributed by atoms with Crippen molar-refractivity contribution >= 4 is 17.0 Å². The van der Waals surface area contributed by atoms with E-state index in [1.165, 1.54) is 17.2 Å². The van der Waals surface area contributed by atoms with Gasteiger partial charge in [-0.15, -0.1) is 11.3 Å². The van der Waals surface area contributed by atoms with E-state index in [1.807, 2.05) is 18.6 Å². The topological polar surface area (TPSA) is 35.1 Å². The molecule has 0 unspecified atom stereocenters. The van der Waals surface area contributed by atoms with Crippen LogP contribution in [0.15, 0.2) is 71.6 Å². The molecule has 2 aromatic heterocycles. The van der Waals surface area contributed by atoms with Crippen LogP contribution in [0.5, 0.6) is 0 Å². The molecule has 0 N–H and O–H groups in total. The van der Waals surface area contributed by atoms with Gasteiger partial charge in [0.2, 0.25) is 0 Å². The Kier molecular flexibility index (Phi) is 5.71. The van der Waals surface area contributed by atoms with Gasteiger partial charge in [-0.3, -0.25) is 0 Å². The van der Waals surface area contributed by atoms with Crippen LogP contribution in [-0.2, 0) is 13.1 Å². The third kappa shape index (κ3) is 4.38. The minimum absolute atomic E-state index is 0.307. The summed E-state index contributed by atoms with van der Waals surface area (Å²) in [5.74, 6) is -0.307. The zero-order valence-corrected chi connectivity index (χ0v) is 17.4. The lowest BCUT2D eigenvalue weighted by atomic mass is 10.0. The first-order valence-electron chi connectivity index (χ1n) is 9.63. The Morgan fingerprint density at radius 3 is 2.69 bits per heavy atom. The Labute approximate surface area is 173 Å². The summed E-state index contributed by atoms with van der Waals surface area (Å²) in [5.41, 5.74) is 5.16. The van der Waals surface area contributed by atoms with E-state index in [0.29, 0.717) is 5.69 Å². The van der Waals surface area contributed by atoms with Gasteiger partial charge in [0.15, 0.2) is 4.80 Å². The van der Waals surface area contributed by atoms with Crippen LogP contribution < -0.4 is 4.80 Å². The first-order valence-corrected chi connectivity index (χ1v) is 10.5. The number of halogens is 1. The molecule has 0 fully saturated rings. The minimum atomic E-state index is -0.307. The molecular formula is C23H23FN4S. The summed E-state index contributed by atoms with van der Waals surface area (Å²) in [6.45, 7) is 5.90. The molecule has 0 aliphatic carbocycles. The lowest BCUT2D eigenvalue weighted by Crippen LogP contribution is -2.17. The largest absolute Gasteiger partial charge is 0.337 e. The van der Waals surface area contributed by atoms with Crippen molar-refractivity contribution in [1.29, 1.82) is 0 Å². The summed E-state index contributed by atoms with van der Waals surface area (Å²) < 4.78 is 18.4. The van der Waals surface area contributed by atoms with Gasteiger partial charge in [0.05, 0.1) is 12.0 Å². The second-order valence-electron chi connectivity index (χ2n) is 7.07. The highest BCUT2D eigenvalue weighted by Crippen LogP contribution is 2.24. The number of aromatic nitrogens is 3. The summed E-state index contributed by atoms with van der Waals surface area (Å²) >= 11 is 1.54. The van der Waals surface area contributed by atoms with Crippen LogP contribution in [0, 0.1) is 19.7 Å². The van der Waals surface area contributed by atoms with E-state index in [2.05, 4.69) is 56.5 Å². The Balaban J connectivity index is 1.73. The highest BCUT2D eigenvalue weighted by molar-refractivity contribution is 7.07. The zero-order valence-electron chi connectivity index (χ0n) is 16.5. The Bertz CT molecular complexity index is 1170. The molecule has 2 heterocycles. The van der Waals surface area contributed by atoms with Crippen LogP contribution in [0.4, 0.5) is 10.1 Å². The Hall–Kier alpha value is -2.99. The third-order valence-corrected chi connectivity index (χ3v) is 5.89. The molecule has 4 nitrogen and oxygen atoms in total. The van der Waals surface area contributed by atoms with Crippen LogP contribution in [0.2, 0.25) is 0 Å². The molecule has 148 valence electrons. The van der Waals surface area contributed by atoms with E-state index < -0.39 is 0 Å². The number of aryl methyl sites for hydroxylation is 3. The molecular weight excluding hydrogens is 383 g/mol. The van der Waals surface area contributed by atoms with Gasteiger partial charge in [-0.1, -0.05) is 24.3 Å². The second-order valence-corrected chi connectivity index (χ2v) is 7.91. The van der Waals surface area contributed by atoms with E-state index in [9.17, 15) is 4.39 Å². The molecule has 4 aromatic rings. The van der Waals surface area contributed by atoms with Gasteiger partial charge in [0.25, 0.3) is 0 Å². The number of rotatable bonds is 6. The van der Waals surface area contributed by atoms with Crippen molar-refractivity contribution in [1.82, 2.24) is 14.1 Å². The zero-order chi connectivity index (χ0) is 20.2. The number of hydrogen-bond donors (Lipinski definition) is 0. The fraction of sp³-hybridized carbons (Fsp3) is 0.217. The van der Waals surface area contributed by atoms with Crippen molar-refractivity contribution in [3.63, 3.8) is 0 Å². The summed E-state index contributed by atoms with van der Waals surface area (Å²) in [7, 11) is 0. The van der Waals surface area contributed by atoms with Crippen molar-refractivity contribution in [2.45, 2.75) is 33.4 Å². The first kappa shape index (κ1) is 19.3. The average Bonchev–Trinajstić information content (AvgIpc) is 3.36. The average molecular weight is 407 g/mol. The number of nitrogens with zero attached hydrogens (tertiary/aromatic N) is 4. The fourth-order valence-electron chi connectivity index (χ4n) is 3.24. The Morgan fingerprint density at radius 1 is 1.07 bits per heavy atom. The van der Waals surface area contributed by atoms with Crippen LogP contribution in [0.1, 0.15) is 17.5 Å². The summed E-state index contributed by atoms with van der Waals surface area (Å²) in [5, 5.41) is 2.11. The van der Waals surface area contributed by atoms with Crippen molar-refractivity contribution < 1.29 is 4.39 Å². The molecule has 0 atom stereocenters. The van der Waals surface area contributed by atoms with Crippen LogP contribution in [-0.4, -0.2) is 14.1 Å². The quantitative estimate of drug-likeness (QED) is 0.417. The maximum Gasteiger partial charge on any atom is 0.190 e. The third-order valence-electron chi connectivity index (χ3n) is 5.03. The monoisotopic (exact) mass is 406 g/mol. The maximum atomic E-state index is 14.2. The van der Waals surface area contributed by atoms with Crippen molar-refractivity contribution in [2.75, 3.05) is 0 Å². The van der Waals surface area contributed by atoms with Gasteiger partial charge in [0.1, 0.15) is 11.5 Å². The van der Waals surface area contributed by atoms with Crippen LogP contribution in [0.3, 0.4) is 0 Å². The smallest absolute Gasteiger partial charge is 0.190 e. The van der Waals surface area contributed by atoms with Gasteiger partial charge in [-0.05, 0) is 55.2 Å². The van der Waals surface area contributed by atoms with Gasteiger partial charge in [-0.2, -0.15) is 0 Å². The molecule has 6 heteroatoms. The summed E-state index contributed by atoms with van der Waals surface area (Å²) in [6, 6.07) is 13.1. The summed E-state index contributed by atoms with van der Waals surface area (Å²) in [4.78, 5) is 9.53. The lowest BCUT2D eigenvalue weighted by Gasteiger charge is -2.11. The maximum absolute atomic E-state index is 14.2. The van der Waals surface area contributed by atoms with Gasteiger partial charge < -0.3 is 9.13 Å². The number of hydrogen-bond acceptors (Lipinski definition) is 3. The molecule has 0 spiro atoms. The van der Waals surface area contributed by atoms with Gasteiger partial charge in [-0.25, -0.2) is 14.4 Å². The number of para-hydroxylation sites is 1. The lowest BCUT2D eigenvalue weighted by molar-refractivity contribution is 0.558. The second kappa shape index (κ2) is 8.57. The van der Waals surface area contributed by atoms with E-state index >= 15 is 0 Å². The molecule has 0 bridgehead atoms. The number of imidazole rings is 1. The normalized spacial score (nSPS) is 11.9. The fourth-order valence-corrected chi connectivity index (χ4v) is 4.19. The van der Waals surface area contributed by atoms with Crippen LogP contribution >= 0.6 is 11.3 Å². The highest BCUT2D eigenvalue weighted by atomic mass is 32.1. The number of benzene rings is 2. The molecule has 0 aliphatic rings. The summed E-state index contributed by atoms with van der Waals surface area (Å²) in [6.07, 6.45) is 6.51. The predicted molar refractivity (Wildman–Crippen MR) is 116 cm³/mol. The standard InChI is InChI=1S/C23H23FN4S/c1-17-8-9-19(14-18(17)2)22-15-29-23(26-21-7-4-3-6-20(21)24)28(22)12-5-11-27-13-10-25-16-27/h3-4,6-10,13-16H,5,11-12H2,1-2H3. The van der Waals surface area contributed by atoms with E-state index in [4.69, 9.17) is 0 Å². The SMILES string of the molecule is Cc1ccc(-c2csc(=Nc3ccccc3F)n2CCCn2ccnc2)cc1C. The molecule has 0 saturated carbocycles. The van der Waals surface area contributed by atoms with Crippen molar-refractivity contribution in [2.24, 2.45) is 4.99 Å². The molecule has 0 amide bonds. The first-order chi connectivity index (χ1) is 14.1. The molecule has 2 aromatic carbocycles. The molecule has 0 aliphatic heterocycles. The molecule has 29 heavy (non-hydrogen) atoms. The minimum Gasteiger partial charge on any atom is -0.337 e. The molecule has 4 rings (SSSR count). The molecule has 0 radical (unpaired) electrons. The van der Waals surface area contributed by atoms with Gasteiger partial charge >= 0.3 is 0 Å². The van der Waals surface area contributed by atoms with Crippen molar-refractivity contribution in [3.8, 4) is 11.3 Å². The number of thiazole rings is 1. The molecule has 0 saturated heterocycles. The Morgan fingerprint density at radius 2 is 1.93 bits per heavy atom. The van der Waals surface area contributed by atoms with E-state index in [-0.39, 0.29) is 5.82 Å². The van der Waals surface area contributed by atoms with Crippen LogP contribution in [0.25, 0.3) is 11.3 Å². The predicted octanol–water partition coefficient (Wildman–Crippen LogP) is 5.49. The van der Waals surface area contributed by atoms with E-state index in [0.717, 1.165) is 35.6 Å². The highest BCUT2D eigenvalue weighted by Gasteiger charge is 2.10. The van der Waals surface area contributed by atoms with E-state index in [1.54, 1.807) is 29.7 Å². The van der Waals surface area contributed by atoms with Crippen molar-refractivity contribution in [3.05, 3.63) is 88.3 Å². The van der Waals surface area contributed by atoms with Gasteiger partial charge in [0, 0.05) is 30.9 Å².